The summed E-state index contributed by atoms with van der Waals surface area (Å²) < 4.78 is 5.58. The van der Waals surface area contributed by atoms with Crippen molar-refractivity contribution >= 4 is 28.0 Å². The van der Waals surface area contributed by atoms with Gasteiger partial charge in [-0.15, -0.1) is 0 Å². The van der Waals surface area contributed by atoms with E-state index in [9.17, 15) is 0 Å². The highest BCUT2D eigenvalue weighted by molar-refractivity contribution is 6.03. The zero-order chi connectivity index (χ0) is 11.9. The number of benzene rings is 1. The van der Waals surface area contributed by atoms with Crippen LogP contribution in [0.3, 0.4) is 0 Å². The lowest BCUT2D eigenvalue weighted by molar-refractivity contribution is 0.357. The van der Waals surface area contributed by atoms with Crippen LogP contribution in [0.1, 0.15) is 5.69 Å². The van der Waals surface area contributed by atoms with Crippen molar-refractivity contribution in [3.05, 3.63) is 42.4 Å². The summed E-state index contributed by atoms with van der Waals surface area (Å²) in [7, 11) is 0. The lowest BCUT2D eigenvalue weighted by Crippen LogP contribution is -2.02. The summed E-state index contributed by atoms with van der Waals surface area (Å²) in [5.74, 6) is 0.808. The summed E-state index contributed by atoms with van der Waals surface area (Å²) in [6, 6.07) is 5.91. The second-order valence-corrected chi connectivity index (χ2v) is 4.14. The van der Waals surface area contributed by atoms with Crippen LogP contribution >= 0.6 is 0 Å². The molecule has 0 amide bonds. The Bertz CT molecular complexity index is 796. The zero-order valence-corrected chi connectivity index (χ0v) is 9.50. The minimum absolute atomic E-state index is 0.594. The second-order valence-electron chi connectivity index (χ2n) is 4.14. The van der Waals surface area contributed by atoms with E-state index in [0.29, 0.717) is 6.61 Å². The smallest absolute Gasteiger partial charge is 0.146 e. The van der Waals surface area contributed by atoms with Crippen molar-refractivity contribution < 1.29 is 4.74 Å². The zero-order valence-electron chi connectivity index (χ0n) is 9.50. The molecule has 18 heavy (non-hydrogen) atoms. The Hall–Kier alpha value is -2.49. The summed E-state index contributed by atoms with van der Waals surface area (Å²) in [6.07, 6.45) is 7.34. The van der Waals surface area contributed by atoms with Gasteiger partial charge in [-0.1, -0.05) is 0 Å². The van der Waals surface area contributed by atoms with E-state index in [1.54, 1.807) is 12.4 Å². The van der Waals surface area contributed by atoms with E-state index in [1.165, 1.54) is 0 Å². The first-order chi connectivity index (χ1) is 8.92. The average Bonchev–Trinajstić information content (AvgIpc) is 2.45. The van der Waals surface area contributed by atoms with Gasteiger partial charge in [0, 0.05) is 17.8 Å². The van der Waals surface area contributed by atoms with Crippen molar-refractivity contribution in [2.24, 2.45) is 0 Å². The maximum absolute atomic E-state index is 5.58. The summed E-state index contributed by atoms with van der Waals surface area (Å²) in [4.78, 5) is 13.3. The van der Waals surface area contributed by atoms with Crippen LogP contribution in [0, 0.1) is 0 Å². The molecule has 4 nitrogen and oxygen atoms in total. The summed E-state index contributed by atoms with van der Waals surface area (Å²) in [5, 5.41) is 0.981. The Morgan fingerprint density at radius 2 is 1.94 bits per heavy atom. The number of pyridine rings is 1. The van der Waals surface area contributed by atoms with Crippen molar-refractivity contribution in [2.45, 2.75) is 0 Å². The van der Waals surface area contributed by atoms with Gasteiger partial charge in [0.15, 0.2) is 0 Å². The minimum Gasteiger partial charge on any atom is -0.487 e. The van der Waals surface area contributed by atoms with Crippen molar-refractivity contribution in [2.75, 3.05) is 6.61 Å². The van der Waals surface area contributed by atoms with Gasteiger partial charge < -0.3 is 4.74 Å². The van der Waals surface area contributed by atoms with Crippen LogP contribution in [-0.2, 0) is 0 Å². The quantitative estimate of drug-likeness (QED) is 0.562. The molecule has 0 atom stereocenters. The van der Waals surface area contributed by atoms with E-state index in [0.717, 1.165) is 33.4 Å². The van der Waals surface area contributed by atoms with Gasteiger partial charge in [0.25, 0.3) is 0 Å². The van der Waals surface area contributed by atoms with E-state index in [1.807, 2.05) is 30.4 Å². The van der Waals surface area contributed by atoms with E-state index in [-0.39, 0.29) is 0 Å². The normalized spacial score (nSPS) is 13.6. The van der Waals surface area contributed by atoms with Gasteiger partial charge in [0.05, 0.1) is 16.6 Å². The molecule has 3 aromatic rings. The molecular formula is C14H9N3O. The molecule has 0 saturated carbocycles. The number of hydrogen-bond donors (Lipinski definition) is 0. The van der Waals surface area contributed by atoms with Gasteiger partial charge in [-0.3, -0.25) is 9.97 Å². The van der Waals surface area contributed by atoms with Crippen molar-refractivity contribution in [1.29, 1.82) is 0 Å². The van der Waals surface area contributed by atoms with E-state index < -0.39 is 0 Å². The Labute approximate surface area is 103 Å². The topological polar surface area (TPSA) is 47.9 Å². The van der Waals surface area contributed by atoms with E-state index in [4.69, 9.17) is 4.74 Å². The Morgan fingerprint density at radius 1 is 1.06 bits per heavy atom. The molecule has 0 saturated heterocycles. The van der Waals surface area contributed by atoms with Gasteiger partial charge in [-0.25, -0.2) is 4.98 Å². The second kappa shape index (κ2) is 3.50. The fourth-order valence-electron chi connectivity index (χ4n) is 2.21. The fourth-order valence-corrected chi connectivity index (χ4v) is 2.21. The van der Waals surface area contributed by atoms with Crippen LogP contribution in [0.15, 0.2) is 36.7 Å². The first-order valence-corrected chi connectivity index (χ1v) is 5.76. The summed E-state index contributed by atoms with van der Waals surface area (Å²) in [6.45, 7) is 0.594. The molecule has 1 aliphatic rings. The molecule has 3 heterocycles. The SMILES string of the molecule is C1=Cc2nc3ccc4nccnc4c3cc2OC1. The summed E-state index contributed by atoms with van der Waals surface area (Å²) >= 11 is 0. The number of hydrogen-bond acceptors (Lipinski definition) is 4. The largest absolute Gasteiger partial charge is 0.487 e. The molecular weight excluding hydrogens is 226 g/mol. The molecule has 4 heteroatoms. The van der Waals surface area contributed by atoms with Crippen molar-refractivity contribution in [3.63, 3.8) is 0 Å². The molecule has 2 aromatic heterocycles. The number of aromatic nitrogens is 3. The van der Waals surface area contributed by atoms with Gasteiger partial charge >= 0.3 is 0 Å². The van der Waals surface area contributed by atoms with Crippen LogP contribution in [0.2, 0.25) is 0 Å². The maximum atomic E-state index is 5.58. The third kappa shape index (κ3) is 1.29. The van der Waals surface area contributed by atoms with Gasteiger partial charge in [-0.2, -0.15) is 0 Å². The highest BCUT2D eigenvalue weighted by atomic mass is 16.5. The molecule has 0 spiro atoms. The molecule has 0 aliphatic carbocycles. The van der Waals surface area contributed by atoms with Gasteiger partial charge in [-0.05, 0) is 30.4 Å². The molecule has 1 aromatic carbocycles. The summed E-state index contributed by atoms with van der Waals surface area (Å²) in [5.41, 5.74) is 3.52. The molecule has 0 bridgehead atoms. The first-order valence-electron chi connectivity index (χ1n) is 5.76. The van der Waals surface area contributed by atoms with Gasteiger partial charge in [0.2, 0.25) is 0 Å². The van der Waals surface area contributed by atoms with Crippen LogP contribution in [0.5, 0.6) is 5.75 Å². The highest BCUT2D eigenvalue weighted by Gasteiger charge is 2.11. The average molecular weight is 235 g/mol. The Balaban J connectivity index is 2.16. The van der Waals surface area contributed by atoms with Crippen LogP contribution in [0.4, 0.5) is 0 Å². The van der Waals surface area contributed by atoms with E-state index >= 15 is 0 Å². The molecule has 0 radical (unpaired) electrons. The van der Waals surface area contributed by atoms with Crippen LogP contribution in [-0.4, -0.2) is 21.6 Å². The number of ether oxygens (including phenoxy) is 1. The molecule has 1 aliphatic heterocycles. The molecule has 0 N–H and O–H groups in total. The number of fused-ring (bicyclic) bond motifs is 4. The fraction of sp³-hybridized carbons (Fsp3) is 0.0714. The molecule has 0 unspecified atom stereocenters. The number of nitrogens with zero attached hydrogens (tertiary/aromatic N) is 3. The highest BCUT2D eigenvalue weighted by Crippen LogP contribution is 2.29. The lowest BCUT2D eigenvalue weighted by Gasteiger charge is -2.12. The van der Waals surface area contributed by atoms with Gasteiger partial charge in [0.1, 0.15) is 18.1 Å². The number of rotatable bonds is 0. The minimum atomic E-state index is 0.594. The Kier molecular flexibility index (Phi) is 1.85. The predicted octanol–water partition coefficient (Wildman–Crippen LogP) is 2.58. The molecule has 4 rings (SSSR count). The first kappa shape index (κ1) is 9.53. The third-order valence-electron chi connectivity index (χ3n) is 3.04. The maximum Gasteiger partial charge on any atom is 0.146 e. The predicted molar refractivity (Wildman–Crippen MR) is 69.4 cm³/mol. The standard InChI is InChI=1S/C14H9N3O/c1-2-11-13(18-7-1)8-9-10(17-11)3-4-12-14(9)16-6-5-15-12/h1-6,8H,7H2. The lowest BCUT2D eigenvalue weighted by atomic mass is 10.1. The van der Waals surface area contributed by atoms with Crippen molar-refractivity contribution in [1.82, 2.24) is 15.0 Å². The molecule has 0 fully saturated rings. The monoisotopic (exact) mass is 235 g/mol. The van der Waals surface area contributed by atoms with Crippen molar-refractivity contribution in [3.8, 4) is 5.75 Å². The van der Waals surface area contributed by atoms with Crippen LogP contribution < -0.4 is 4.74 Å². The third-order valence-corrected chi connectivity index (χ3v) is 3.04. The van der Waals surface area contributed by atoms with Crippen LogP contribution in [0.25, 0.3) is 28.0 Å². The van der Waals surface area contributed by atoms with E-state index in [2.05, 4.69) is 15.0 Å². The Morgan fingerprint density at radius 3 is 2.94 bits per heavy atom. The molecule has 86 valence electrons.